The second-order valence-electron chi connectivity index (χ2n) is 3.97. The van der Waals surface area contributed by atoms with Crippen molar-refractivity contribution in [3.8, 4) is 0 Å². The summed E-state index contributed by atoms with van der Waals surface area (Å²) in [6.07, 6.45) is 3.21. The summed E-state index contributed by atoms with van der Waals surface area (Å²) in [5.74, 6) is 0.524. The number of esters is 1. The SMILES string of the molecule is CCC1CCNC(C(=O)OCCOC)C1. The molecule has 15 heavy (non-hydrogen) atoms. The molecule has 4 heteroatoms. The van der Waals surface area contributed by atoms with Gasteiger partial charge in [-0.15, -0.1) is 0 Å². The number of carbonyl (C=O) groups excluding carboxylic acids is 1. The zero-order chi connectivity index (χ0) is 11.1. The Balaban J connectivity index is 2.25. The average molecular weight is 215 g/mol. The minimum Gasteiger partial charge on any atom is -0.462 e. The largest absolute Gasteiger partial charge is 0.462 e. The van der Waals surface area contributed by atoms with Crippen molar-refractivity contribution < 1.29 is 14.3 Å². The lowest BCUT2D eigenvalue weighted by atomic mass is 9.90. The Hall–Kier alpha value is -0.610. The van der Waals surface area contributed by atoms with E-state index in [9.17, 15) is 4.79 Å². The third kappa shape index (κ3) is 4.18. The first-order chi connectivity index (χ1) is 7.27. The molecular weight excluding hydrogens is 194 g/mol. The van der Waals surface area contributed by atoms with Crippen LogP contribution in [0.5, 0.6) is 0 Å². The molecule has 0 spiro atoms. The summed E-state index contributed by atoms with van der Waals surface area (Å²) in [7, 11) is 1.60. The standard InChI is InChI=1S/C11H21NO3/c1-3-9-4-5-12-10(8-9)11(13)15-7-6-14-2/h9-10,12H,3-8H2,1-2H3. The van der Waals surface area contributed by atoms with Crippen LogP contribution in [0.25, 0.3) is 0 Å². The van der Waals surface area contributed by atoms with Crippen LogP contribution in [0.2, 0.25) is 0 Å². The van der Waals surface area contributed by atoms with Gasteiger partial charge >= 0.3 is 5.97 Å². The maximum atomic E-state index is 11.6. The molecule has 0 aromatic carbocycles. The molecule has 0 radical (unpaired) electrons. The first-order valence-corrected chi connectivity index (χ1v) is 5.66. The van der Waals surface area contributed by atoms with Gasteiger partial charge in [0, 0.05) is 7.11 Å². The number of hydrogen-bond donors (Lipinski definition) is 1. The minimum absolute atomic E-state index is 0.111. The maximum absolute atomic E-state index is 11.6. The fraction of sp³-hybridized carbons (Fsp3) is 0.909. The summed E-state index contributed by atoms with van der Waals surface area (Å²) in [5, 5.41) is 3.19. The minimum atomic E-state index is -0.134. The van der Waals surface area contributed by atoms with Gasteiger partial charge in [-0.05, 0) is 25.3 Å². The van der Waals surface area contributed by atoms with Crippen LogP contribution < -0.4 is 5.32 Å². The molecule has 1 N–H and O–H groups in total. The molecule has 2 atom stereocenters. The second kappa shape index (κ2) is 6.80. The highest BCUT2D eigenvalue weighted by molar-refractivity contribution is 5.75. The fourth-order valence-electron chi connectivity index (χ4n) is 1.87. The fourth-order valence-corrected chi connectivity index (χ4v) is 1.87. The first kappa shape index (κ1) is 12.5. The Morgan fingerprint density at radius 1 is 1.47 bits per heavy atom. The van der Waals surface area contributed by atoms with E-state index in [2.05, 4.69) is 12.2 Å². The zero-order valence-electron chi connectivity index (χ0n) is 9.62. The lowest BCUT2D eigenvalue weighted by Gasteiger charge is -2.28. The van der Waals surface area contributed by atoms with Crippen molar-refractivity contribution in [1.82, 2.24) is 5.32 Å². The van der Waals surface area contributed by atoms with E-state index in [1.54, 1.807) is 7.11 Å². The third-order valence-electron chi connectivity index (χ3n) is 2.91. The van der Waals surface area contributed by atoms with Crippen molar-refractivity contribution in [1.29, 1.82) is 0 Å². The van der Waals surface area contributed by atoms with Gasteiger partial charge in [-0.3, -0.25) is 4.79 Å². The van der Waals surface area contributed by atoms with Crippen LogP contribution in [0.3, 0.4) is 0 Å². The molecule has 1 saturated heterocycles. The normalized spacial score (nSPS) is 26.3. The van der Waals surface area contributed by atoms with Gasteiger partial charge in [-0.1, -0.05) is 13.3 Å². The van der Waals surface area contributed by atoms with Crippen molar-refractivity contribution in [2.75, 3.05) is 26.9 Å². The predicted molar refractivity (Wildman–Crippen MR) is 57.6 cm³/mol. The first-order valence-electron chi connectivity index (χ1n) is 5.66. The Labute approximate surface area is 91.3 Å². The Morgan fingerprint density at radius 2 is 2.27 bits per heavy atom. The molecule has 2 unspecified atom stereocenters. The highest BCUT2D eigenvalue weighted by atomic mass is 16.6. The van der Waals surface area contributed by atoms with Crippen molar-refractivity contribution in [3.63, 3.8) is 0 Å². The van der Waals surface area contributed by atoms with Crippen LogP contribution in [-0.2, 0) is 14.3 Å². The van der Waals surface area contributed by atoms with E-state index in [0.717, 1.165) is 19.4 Å². The highest BCUT2D eigenvalue weighted by Gasteiger charge is 2.26. The van der Waals surface area contributed by atoms with Crippen molar-refractivity contribution in [3.05, 3.63) is 0 Å². The third-order valence-corrected chi connectivity index (χ3v) is 2.91. The zero-order valence-corrected chi connectivity index (χ0v) is 9.62. The number of hydrogen-bond acceptors (Lipinski definition) is 4. The molecule has 0 aliphatic carbocycles. The van der Waals surface area contributed by atoms with Crippen LogP contribution in [0.1, 0.15) is 26.2 Å². The molecular formula is C11H21NO3. The summed E-state index contributed by atoms with van der Waals surface area (Å²) in [5.41, 5.74) is 0. The lowest BCUT2D eigenvalue weighted by Crippen LogP contribution is -2.44. The molecule has 0 bridgehead atoms. The van der Waals surface area contributed by atoms with Gasteiger partial charge < -0.3 is 14.8 Å². The van der Waals surface area contributed by atoms with Crippen LogP contribution in [-0.4, -0.2) is 38.9 Å². The molecule has 1 heterocycles. The Morgan fingerprint density at radius 3 is 2.93 bits per heavy atom. The van der Waals surface area contributed by atoms with Gasteiger partial charge in [0.05, 0.1) is 6.61 Å². The van der Waals surface area contributed by atoms with Gasteiger partial charge in [0.25, 0.3) is 0 Å². The van der Waals surface area contributed by atoms with Crippen molar-refractivity contribution >= 4 is 5.97 Å². The second-order valence-corrected chi connectivity index (χ2v) is 3.97. The Kier molecular flexibility index (Phi) is 5.65. The topological polar surface area (TPSA) is 47.6 Å². The summed E-state index contributed by atoms with van der Waals surface area (Å²) >= 11 is 0. The predicted octanol–water partition coefficient (Wildman–Crippen LogP) is 0.954. The van der Waals surface area contributed by atoms with Crippen LogP contribution in [0, 0.1) is 5.92 Å². The van der Waals surface area contributed by atoms with Gasteiger partial charge in [0.15, 0.2) is 0 Å². The van der Waals surface area contributed by atoms with E-state index in [4.69, 9.17) is 9.47 Å². The lowest BCUT2D eigenvalue weighted by molar-refractivity contribution is -0.148. The molecule has 88 valence electrons. The molecule has 0 amide bonds. The molecule has 0 aromatic heterocycles. The number of piperidine rings is 1. The number of ether oxygens (including phenoxy) is 2. The molecule has 1 rings (SSSR count). The summed E-state index contributed by atoms with van der Waals surface area (Å²) in [6.45, 7) is 3.91. The van der Waals surface area contributed by atoms with Gasteiger partial charge in [-0.25, -0.2) is 0 Å². The number of methoxy groups -OCH3 is 1. The van der Waals surface area contributed by atoms with E-state index >= 15 is 0 Å². The summed E-state index contributed by atoms with van der Waals surface area (Å²) in [6, 6.07) is -0.111. The Bertz CT molecular complexity index is 196. The molecule has 0 saturated carbocycles. The monoisotopic (exact) mass is 215 g/mol. The molecule has 0 aromatic rings. The average Bonchev–Trinajstić information content (AvgIpc) is 2.29. The number of nitrogens with one attached hydrogen (secondary N) is 1. The smallest absolute Gasteiger partial charge is 0.323 e. The maximum Gasteiger partial charge on any atom is 0.323 e. The van der Waals surface area contributed by atoms with Gasteiger partial charge in [0.1, 0.15) is 12.6 Å². The van der Waals surface area contributed by atoms with Crippen molar-refractivity contribution in [2.24, 2.45) is 5.92 Å². The van der Waals surface area contributed by atoms with Crippen LogP contribution >= 0.6 is 0 Å². The van der Waals surface area contributed by atoms with Crippen molar-refractivity contribution in [2.45, 2.75) is 32.2 Å². The highest BCUT2D eigenvalue weighted by Crippen LogP contribution is 2.19. The van der Waals surface area contributed by atoms with E-state index in [0.29, 0.717) is 19.1 Å². The number of carbonyl (C=O) groups is 1. The molecule has 4 nitrogen and oxygen atoms in total. The van der Waals surface area contributed by atoms with E-state index < -0.39 is 0 Å². The number of rotatable bonds is 5. The van der Waals surface area contributed by atoms with E-state index in [1.165, 1.54) is 6.42 Å². The van der Waals surface area contributed by atoms with E-state index in [-0.39, 0.29) is 12.0 Å². The van der Waals surface area contributed by atoms with Gasteiger partial charge in [-0.2, -0.15) is 0 Å². The molecule has 1 aliphatic rings. The summed E-state index contributed by atoms with van der Waals surface area (Å²) in [4.78, 5) is 11.6. The molecule has 1 aliphatic heterocycles. The van der Waals surface area contributed by atoms with E-state index in [1.807, 2.05) is 0 Å². The van der Waals surface area contributed by atoms with Crippen LogP contribution in [0.15, 0.2) is 0 Å². The molecule has 1 fully saturated rings. The van der Waals surface area contributed by atoms with Gasteiger partial charge in [0.2, 0.25) is 0 Å². The quantitative estimate of drug-likeness (QED) is 0.548. The summed E-state index contributed by atoms with van der Waals surface area (Å²) < 4.78 is 9.91. The van der Waals surface area contributed by atoms with Crippen LogP contribution in [0.4, 0.5) is 0 Å².